The second-order valence-corrected chi connectivity index (χ2v) is 7.02. The summed E-state index contributed by atoms with van der Waals surface area (Å²) in [5, 5.41) is 16.3. The zero-order valence-corrected chi connectivity index (χ0v) is 14.8. The molecule has 0 radical (unpaired) electrons. The molecule has 2 saturated carbocycles. The van der Waals surface area contributed by atoms with Gasteiger partial charge in [-0.15, -0.1) is 0 Å². The third-order valence-corrected chi connectivity index (χ3v) is 5.09. The number of rotatable bonds is 4. The van der Waals surface area contributed by atoms with Crippen molar-refractivity contribution in [1.82, 2.24) is 0 Å². The van der Waals surface area contributed by atoms with Crippen molar-refractivity contribution in [3.8, 4) is 0 Å². The van der Waals surface area contributed by atoms with Crippen molar-refractivity contribution in [2.45, 2.75) is 76.3 Å². The van der Waals surface area contributed by atoms with Crippen LogP contribution in [0.1, 0.15) is 74.6 Å². The minimum Gasteiger partial charge on any atom is -0.545 e. The standard InChI is InChI=1S/C12H23N.C7H5N3O2/c1-3-7-11(8-4-1)13-12-9-5-2-6-10-12;8-10-9-6-3-1-2-5(4-6)7(11)12/h11-13H,1-10H2;1-4H,(H,11,12). The van der Waals surface area contributed by atoms with Gasteiger partial charge in [-0.05, 0) is 68.5 Å². The molecule has 3 rings (SSSR count). The van der Waals surface area contributed by atoms with Gasteiger partial charge in [0.2, 0.25) is 0 Å². The molecule has 6 nitrogen and oxygen atoms in total. The number of carbonyl (C=O) groups excluding carboxylic acids is 1. The molecule has 25 heavy (non-hydrogen) atoms. The van der Waals surface area contributed by atoms with Crippen LogP contribution in [0.3, 0.4) is 0 Å². The number of benzene rings is 1. The van der Waals surface area contributed by atoms with Crippen molar-refractivity contribution < 1.29 is 15.2 Å². The summed E-state index contributed by atoms with van der Waals surface area (Å²) >= 11 is 0. The third kappa shape index (κ3) is 7.16. The number of quaternary nitrogens is 1. The van der Waals surface area contributed by atoms with E-state index >= 15 is 0 Å². The van der Waals surface area contributed by atoms with Crippen LogP contribution in [0.15, 0.2) is 29.4 Å². The van der Waals surface area contributed by atoms with Gasteiger partial charge in [-0.3, -0.25) is 0 Å². The lowest BCUT2D eigenvalue weighted by Gasteiger charge is -2.27. The molecule has 2 fully saturated rings. The number of hydrogen-bond donors (Lipinski definition) is 1. The van der Waals surface area contributed by atoms with E-state index in [1.54, 1.807) is 0 Å². The summed E-state index contributed by atoms with van der Waals surface area (Å²) in [5.74, 6) is -1.29. The van der Waals surface area contributed by atoms with Crippen LogP contribution in [0.4, 0.5) is 5.69 Å². The van der Waals surface area contributed by atoms with Crippen molar-refractivity contribution in [2.24, 2.45) is 5.11 Å². The predicted molar refractivity (Wildman–Crippen MR) is 95.2 cm³/mol. The minimum atomic E-state index is -1.29. The molecular formula is C19H28N4O2. The lowest BCUT2D eigenvalue weighted by atomic mass is 9.91. The van der Waals surface area contributed by atoms with Crippen LogP contribution >= 0.6 is 0 Å². The molecule has 136 valence electrons. The number of carbonyl (C=O) groups is 1. The lowest BCUT2D eigenvalue weighted by Crippen LogP contribution is -2.95. The predicted octanol–water partition coefficient (Wildman–Crippen LogP) is 3.21. The molecule has 0 saturated heterocycles. The summed E-state index contributed by atoms with van der Waals surface area (Å²) in [5.41, 5.74) is 8.31. The van der Waals surface area contributed by atoms with Crippen LogP contribution in [0, 0.1) is 0 Å². The first-order valence-corrected chi connectivity index (χ1v) is 9.40. The van der Waals surface area contributed by atoms with Crippen LogP contribution in [0.5, 0.6) is 0 Å². The Balaban J connectivity index is 0.000000181. The maximum Gasteiger partial charge on any atom is 0.0861 e. The highest BCUT2D eigenvalue weighted by molar-refractivity contribution is 5.86. The first-order valence-electron chi connectivity index (χ1n) is 9.40. The van der Waals surface area contributed by atoms with Gasteiger partial charge in [0, 0.05) is 10.6 Å². The Bertz CT molecular complexity index is 554. The Kier molecular flexibility index (Phi) is 8.29. The van der Waals surface area contributed by atoms with Gasteiger partial charge in [-0.1, -0.05) is 36.2 Å². The normalized spacial score (nSPS) is 18.6. The minimum absolute atomic E-state index is 0.0000926. The van der Waals surface area contributed by atoms with Crippen LogP contribution in [0.25, 0.3) is 10.4 Å². The molecule has 0 atom stereocenters. The molecule has 0 amide bonds. The van der Waals surface area contributed by atoms with Gasteiger partial charge in [0.05, 0.1) is 18.1 Å². The fourth-order valence-corrected chi connectivity index (χ4v) is 3.78. The van der Waals surface area contributed by atoms with Crippen molar-refractivity contribution in [3.63, 3.8) is 0 Å². The Labute approximate surface area is 149 Å². The number of aromatic carboxylic acids is 1. The molecule has 0 aliphatic heterocycles. The maximum atomic E-state index is 10.3. The number of nitrogens with two attached hydrogens (primary N) is 1. The molecule has 2 aliphatic carbocycles. The summed E-state index contributed by atoms with van der Waals surface area (Å²) in [6.07, 6.45) is 15.0. The van der Waals surface area contributed by atoms with E-state index in [0.717, 1.165) is 12.1 Å². The first-order chi connectivity index (χ1) is 12.2. The van der Waals surface area contributed by atoms with Crippen molar-refractivity contribution >= 4 is 11.7 Å². The van der Waals surface area contributed by atoms with Crippen molar-refractivity contribution in [1.29, 1.82) is 0 Å². The Morgan fingerprint density at radius 1 is 1.04 bits per heavy atom. The van der Waals surface area contributed by atoms with Gasteiger partial charge in [0.15, 0.2) is 0 Å². The van der Waals surface area contributed by atoms with E-state index in [4.69, 9.17) is 5.53 Å². The second kappa shape index (κ2) is 10.7. The third-order valence-electron chi connectivity index (χ3n) is 5.09. The zero-order valence-electron chi connectivity index (χ0n) is 14.8. The quantitative estimate of drug-likeness (QED) is 0.514. The topological polar surface area (TPSA) is 106 Å². The molecule has 1 aromatic carbocycles. The average Bonchev–Trinajstić information content (AvgIpc) is 2.64. The van der Waals surface area contributed by atoms with E-state index < -0.39 is 5.97 Å². The zero-order chi connectivity index (χ0) is 17.9. The summed E-state index contributed by atoms with van der Waals surface area (Å²) in [6.45, 7) is 0. The second-order valence-electron chi connectivity index (χ2n) is 7.02. The first kappa shape index (κ1) is 19.3. The van der Waals surface area contributed by atoms with E-state index in [-0.39, 0.29) is 11.3 Å². The molecule has 1 aromatic rings. The number of carboxylic acid groups (broad SMARTS) is 1. The molecule has 2 aliphatic rings. The maximum absolute atomic E-state index is 10.3. The van der Waals surface area contributed by atoms with Gasteiger partial charge in [0.1, 0.15) is 0 Å². The number of carboxylic acids is 1. The van der Waals surface area contributed by atoms with E-state index in [1.807, 2.05) is 0 Å². The molecule has 0 unspecified atom stereocenters. The summed E-state index contributed by atoms with van der Waals surface area (Å²) in [6, 6.07) is 7.59. The average molecular weight is 344 g/mol. The smallest absolute Gasteiger partial charge is 0.0861 e. The van der Waals surface area contributed by atoms with Gasteiger partial charge in [0.25, 0.3) is 0 Å². The highest BCUT2D eigenvalue weighted by Gasteiger charge is 2.22. The summed E-state index contributed by atoms with van der Waals surface area (Å²) in [4.78, 5) is 12.8. The van der Waals surface area contributed by atoms with Crippen LogP contribution in [-0.4, -0.2) is 18.1 Å². The fourth-order valence-electron chi connectivity index (χ4n) is 3.78. The molecule has 0 heterocycles. The van der Waals surface area contributed by atoms with Gasteiger partial charge in [-0.2, -0.15) is 0 Å². The largest absolute Gasteiger partial charge is 0.545 e. The van der Waals surface area contributed by atoms with Gasteiger partial charge in [-0.25, -0.2) is 0 Å². The molecular weight excluding hydrogens is 316 g/mol. The fraction of sp³-hybridized carbons (Fsp3) is 0.632. The number of azide groups is 1. The number of hydrogen-bond acceptors (Lipinski definition) is 3. The molecule has 0 aromatic heterocycles. The molecule has 0 bridgehead atoms. The monoisotopic (exact) mass is 344 g/mol. The Hall–Kier alpha value is -2.04. The number of nitrogens with zero attached hydrogens (tertiary/aromatic N) is 3. The molecule has 6 heteroatoms. The Morgan fingerprint density at radius 2 is 1.60 bits per heavy atom. The van der Waals surface area contributed by atoms with Crippen molar-refractivity contribution in [3.05, 3.63) is 40.3 Å². The van der Waals surface area contributed by atoms with Gasteiger partial charge >= 0.3 is 0 Å². The lowest BCUT2D eigenvalue weighted by molar-refractivity contribution is -0.725. The van der Waals surface area contributed by atoms with Crippen LogP contribution < -0.4 is 10.4 Å². The molecule has 0 spiro atoms. The summed E-state index contributed by atoms with van der Waals surface area (Å²) in [7, 11) is 0. The van der Waals surface area contributed by atoms with Crippen LogP contribution in [-0.2, 0) is 0 Å². The van der Waals surface area contributed by atoms with E-state index in [2.05, 4.69) is 15.3 Å². The summed E-state index contributed by atoms with van der Waals surface area (Å²) < 4.78 is 0. The van der Waals surface area contributed by atoms with Crippen molar-refractivity contribution in [2.75, 3.05) is 0 Å². The van der Waals surface area contributed by atoms with E-state index in [1.165, 1.54) is 88.5 Å². The van der Waals surface area contributed by atoms with Crippen LogP contribution in [0.2, 0.25) is 0 Å². The molecule has 2 N–H and O–H groups in total. The van der Waals surface area contributed by atoms with Gasteiger partial charge < -0.3 is 15.2 Å². The van der Waals surface area contributed by atoms with E-state index in [0.29, 0.717) is 0 Å². The SMILES string of the molecule is C1CCC([NH2+]C2CCCCC2)CC1.[N-]=[N+]=Nc1cccc(C(=O)[O-])c1. The highest BCUT2D eigenvalue weighted by Crippen LogP contribution is 2.18. The Morgan fingerprint density at radius 3 is 2.08 bits per heavy atom. The van der Waals surface area contributed by atoms with E-state index in [9.17, 15) is 9.90 Å². The highest BCUT2D eigenvalue weighted by atomic mass is 16.4.